The first kappa shape index (κ1) is 22.4. The monoisotopic (exact) mass is 438 g/mol. The molecule has 5 aliphatic rings. The molecule has 0 aliphatic heterocycles. The lowest BCUT2D eigenvalue weighted by molar-refractivity contribution is -0.154. The average molecular weight is 439 g/mol. The largest absolute Gasteiger partial charge is 0.462 e. The lowest BCUT2D eigenvalue weighted by Gasteiger charge is -2.60. The minimum Gasteiger partial charge on any atom is -0.462 e. The fourth-order valence-corrected chi connectivity index (χ4v) is 10.2. The van der Waals surface area contributed by atoms with Crippen molar-refractivity contribution in [3.8, 4) is 0 Å². The molecule has 8 unspecified atom stereocenters. The molecule has 3 nitrogen and oxygen atoms in total. The first-order chi connectivity index (χ1) is 15.1. The van der Waals surface area contributed by atoms with Crippen LogP contribution in [0.15, 0.2) is 23.8 Å². The van der Waals surface area contributed by atoms with Gasteiger partial charge in [-0.25, -0.2) is 0 Å². The van der Waals surface area contributed by atoms with Gasteiger partial charge in [0.2, 0.25) is 0 Å². The van der Waals surface area contributed by atoms with E-state index in [4.69, 9.17) is 4.74 Å². The Hall–Kier alpha value is -1.38. The number of hydrogen-bond donors (Lipinski definition) is 0. The van der Waals surface area contributed by atoms with Gasteiger partial charge < -0.3 is 4.74 Å². The minimum absolute atomic E-state index is 0.0574. The summed E-state index contributed by atoms with van der Waals surface area (Å²) in [7, 11) is 0. The molecule has 3 saturated carbocycles. The maximum absolute atomic E-state index is 13.5. The number of allylic oxidation sites excluding steroid dienone is 3. The van der Waals surface area contributed by atoms with E-state index in [0.29, 0.717) is 23.5 Å². The van der Waals surface area contributed by atoms with E-state index >= 15 is 0 Å². The van der Waals surface area contributed by atoms with Crippen molar-refractivity contribution in [3.05, 3.63) is 23.8 Å². The number of rotatable bonds is 3. The quantitative estimate of drug-likeness (QED) is 0.359. The van der Waals surface area contributed by atoms with Crippen LogP contribution in [0.1, 0.15) is 98.8 Å². The average Bonchev–Trinajstić information content (AvgIpc) is 3.00. The molecule has 3 fully saturated rings. The van der Waals surface area contributed by atoms with Gasteiger partial charge in [-0.15, -0.1) is 0 Å². The smallest absolute Gasteiger partial charge is 0.302 e. The van der Waals surface area contributed by atoms with E-state index < -0.39 is 0 Å². The van der Waals surface area contributed by atoms with E-state index in [9.17, 15) is 9.59 Å². The highest BCUT2D eigenvalue weighted by Gasteiger charge is 2.73. The van der Waals surface area contributed by atoms with Crippen LogP contribution in [0.4, 0.5) is 0 Å². The molecule has 8 atom stereocenters. The number of hydrogen-bond acceptors (Lipinski definition) is 3. The number of Topliss-reactive ketones (excluding diaryl/α,β-unsaturated/α-hetero) is 1. The lowest BCUT2D eigenvalue weighted by atomic mass is 9.43. The number of esters is 1. The minimum atomic E-state index is -0.184. The standard InChI is InChI=1S/C29H42O3/c1-6-28-13-7-8-14-29(28,19(2)30)27(5)16-12-24-23(25(27)18-28)10-9-21-17-22(32-20(3)31)11-15-26(21,24)4/h7-9,22-25H,6,10-18H2,1-5H3. The number of ketones is 1. The summed E-state index contributed by atoms with van der Waals surface area (Å²) >= 11 is 0. The molecule has 0 N–H and O–H groups in total. The van der Waals surface area contributed by atoms with Crippen molar-refractivity contribution < 1.29 is 14.3 Å². The van der Waals surface area contributed by atoms with Crippen molar-refractivity contribution in [2.45, 2.75) is 105 Å². The van der Waals surface area contributed by atoms with E-state index in [0.717, 1.165) is 44.9 Å². The Labute approximate surface area is 194 Å². The summed E-state index contributed by atoms with van der Waals surface area (Å²) in [6.45, 7) is 10.8. The van der Waals surface area contributed by atoms with Crippen LogP contribution in [-0.2, 0) is 14.3 Å². The van der Waals surface area contributed by atoms with E-state index in [-0.39, 0.29) is 33.7 Å². The van der Waals surface area contributed by atoms with Gasteiger partial charge in [-0.05, 0) is 98.7 Å². The molecule has 0 aromatic heterocycles. The molecule has 176 valence electrons. The summed E-state index contributed by atoms with van der Waals surface area (Å²) in [5, 5.41) is 0. The predicted octanol–water partition coefficient (Wildman–Crippen LogP) is 6.81. The molecule has 0 aromatic rings. The number of carbonyl (C=O) groups is 2. The zero-order valence-electron chi connectivity index (χ0n) is 20.8. The molecule has 0 saturated heterocycles. The highest BCUT2D eigenvalue weighted by molar-refractivity contribution is 5.85. The second-order valence-electron chi connectivity index (χ2n) is 12.4. The van der Waals surface area contributed by atoms with Crippen LogP contribution in [0.5, 0.6) is 0 Å². The van der Waals surface area contributed by atoms with Crippen molar-refractivity contribution in [1.82, 2.24) is 0 Å². The predicted molar refractivity (Wildman–Crippen MR) is 127 cm³/mol. The van der Waals surface area contributed by atoms with Crippen molar-refractivity contribution in [1.29, 1.82) is 0 Å². The molecular weight excluding hydrogens is 396 g/mol. The summed E-state index contributed by atoms with van der Waals surface area (Å²) in [4.78, 5) is 25.0. The molecule has 0 radical (unpaired) electrons. The van der Waals surface area contributed by atoms with Crippen LogP contribution in [0.2, 0.25) is 0 Å². The van der Waals surface area contributed by atoms with Crippen LogP contribution in [0.25, 0.3) is 0 Å². The second-order valence-corrected chi connectivity index (χ2v) is 12.4. The topological polar surface area (TPSA) is 43.4 Å². The van der Waals surface area contributed by atoms with Gasteiger partial charge in [0.05, 0.1) is 0 Å². The van der Waals surface area contributed by atoms with Crippen LogP contribution >= 0.6 is 0 Å². The molecule has 0 spiro atoms. The summed E-state index contributed by atoms with van der Waals surface area (Å²) in [6, 6.07) is 0. The SMILES string of the molecule is CCC12CC=CCC1(C(C)=O)C1(C)CCC3C(CC=C4CC(OC(C)=O)CCC43C)C1C2. The summed E-state index contributed by atoms with van der Waals surface area (Å²) in [5.74, 6) is 2.31. The highest BCUT2D eigenvalue weighted by atomic mass is 16.5. The first-order valence-corrected chi connectivity index (χ1v) is 13.2. The third-order valence-electron chi connectivity index (χ3n) is 11.6. The molecular formula is C29H42O3. The maximum Gasteiger partial charge on any atom is 0.302 e. The van der Waals surface area contributed by atoms with E-state index in [1.807, 2.05) is 6.92 Å². The van der Waals surface area contributed by atoms with Crippen molar-refractivity contribution in [3.63, 3.8) is 0 Å². The Morgan fingerprint density at radius 2 is 1.81 bits per heavy atom. The van der Waals surface area contributed by atoms with Crippen LogP contribution in [-0.4, -0.2) is 17.9 Å². The third kappa shape index (κ3) is 2.66. The molecule has 3 heteroatoms. The Bertz CT molecular complexity index is 885. The molecule has 5 aliphatic carbocycles. The van der Waals surface area contributed by atoms with Gasteiger partial charge in [0.25, 0.3) is 0 Å². The highest BCUT2D eigenvalue weighted by Crippen LogP contribution is 2.77. The maximum atomic E-state index is 13.5. The van der Waals surface area contributed by atoms with Crippen LogP contribution < -0.4 is 0 Å². The van der Waals surface area contributed by atoms with Crippen molar-refractivity contribution in [2.75, 3.05) is 0 Å². The van der Waals surface area contributed by atoms with E-state index in [2.05, 4.69) is 39.0 Å². The number of ether oxygens (including phenoxy) is 1. The Morgan fingerprint density at radius 1 is 1.06 bits per heavy atom. The Kier molecular flexibility index (Phi) is 5.12. The van der Waals surface area contributed by atoms with Gasteiger partial charge in [0.1, 0.15) is 11.9 Å². The summed E-state index contributed by atoms with van der Waals surface area (Å²) < 4.78 is 5.61. The van der Waals surface area contributed by atoms with Gasteiger partial charge in [0, 0.05) is 18.8 Å². The third-order valence-corrected chi connectivity index (χ3v) is 11.6. The second kappa shape index (κ2) is 7.31. The fourth-order valence-electron chi connectivity index (χ4n) is 10.2. The van der Waals surface area contributed by atoms with Gasteiger partial charge >= 0.3 is 5.97 Å². The molecule has 32 heavy (non-hydrogen) atoms. The van der Waals surface area contributed by atoms with Gasteiger partial charge in [-0.1, -0.05) is 44.6 Å². The molecule has 5 rings (SSSR count). The summed E-state index contributed by atoms with van der Waals surface area (Å²) in [5.41, 5.74) is 1.84. The number of carbonyl (C=O) groups excluding carboxylic acids is 2. The zero-order chi connectivity index (χ0) is 22.9. The number of fused-ring (bicyclic) bond motifs is 7. The van der Waals surface area contributed by atoms with Crippen LogP contribution in [0.3, 0.4) is 0 Å². The van der Waals surface area contributed by atoms with Crippen molar-refractivity contribution >= 4 is 11.8 Å². The van der Waals surface area contributed by atoms with E-state index in [1.165, 1.54) is 26.2 Å². The van der Waals surface area contributed by atoms with E-state index in [1.54, 1.807) is 5.57 Å². The van der Waals surface area contributed by atoms with Gasteiger partial charge in [-0.3, -0.25) is 9.59 Å². The van der Waals surface area contributed by atoms with Gasteiger partial charge in [0.15, 0.2) is 0 Å². The molecule has 0 aromatic carbocycles. The Morgan fingerprint density at radius 3 is 2.50 bits per heavy atom. The molecule has 0 bridgehead atoms. The normalized spacial score (nSPS) is 49.2. The first-order valence-electron chi connectivity index (χ1n) is 13.2. The van der Waals surface area contributed by atoms with Gasteiger partial charge in [-0.2, -0.15) is 0 Å². The fraction of sp³-hybridized carbons (Fsp3) is 0.793. The molecule has 0 heterocycles. The Balaban J connectivity index is 1.51. The summed E-state index contributed by atoms with van der Waals surface area (Å²) in [6.07, 6.45) is 18.2. The zero-order valence-corrected chi connectivity index (χ0v) is 20.8. The van der Waals surface area contributed by atoms with Crippen molar-refractivity contribution in [2.24, 2.45) is 39.4 Å². The molecule has 0 amide bonds. The van der Waals surface area contributed by atoms with Crippen LogP contribution in [0, 0.1) is 39.4 Å². The lowest BCUT2D eigenvalue weighted by Crippen LogP contribution is -2.56.